The molecule has 0 fully saturated rings. The van der Waals surface area contributed by atoms with Crippen LogP contribution in [0, 0.1) is 13.8 Å². The van der Waals surface area contributed by atoms with Crippen LogP contribution >= 0.6 is 15.9 Å². The molecular weight excluding hydrogens is 394 g/mol. The quantitative estimate of drug-likeness (QED) is 0.771. The van der Waals surface area contributed by atoms with E-state index in [0.717, 1.165) is 26.9 Å². The van der Waals surface area contributed by atoms with E-state index in [0.29, 0.717) is 12.2 Å². The molecular formula is C21H24BrNO3. The van der Waals surface area contributed by atoms with Gasteiger partial charge in [-0.1, -0.05) is 28.1 Å². The summed E-state index contributed by atoms with van der Waals surface area (Å²) in [5, 5.41) is 3.09. The molecule has 2 aromatic carbocycles. The maximum Gasteiger partial charge on any atom is 0.258 e. The van der Waals surface area contributed by atoms with Crippen LogP contribution < -0.4 is 14.8 Å². The van der Waals surface area contributed by atoms with Gasteiger partial charge in [-0.25, -0.2) is 0 Å². The maximum atomic E-state index is 12.4. The molecule has 1 amide bonds. The largest absolute Gasteiger partial charge is 0.487 e. The number of amides is 1. The molecule has 26 heavy (non-hydrogen) atoms. The Morgan fingerprint density at radius 2 is 2.04 bits per heavy atom. The third-order valence-corrected chi connectivity index (χ3v) is 5.35. The smallest absolute Gasteiger partial charge is 0.258 e. The SMILES string of the molecule is Cc1ccc2c(c1)OC(C)(C)CC2NC(=O)COc1ccc(Br)c(C)c1. The molecule has 1 atom stereocenters. The van der Waals surface area contributed by atoms with Gasteiger partial charge in [0.05, 0.1) is 6.04 Å². The normalized spacial score (nSPS) is 17.8. The number of hydrogen-bond acceptors (Lipinski definition) is 3. The summed E-state index contributed by atoms with van der Waals surface area (Å²) < 4.78 is 12.7. The van der Waals surface area contributed by atoms with Gasteiger partial charge in [0.1, 0.15) is 17.1 Å². The Kier molecular flexibility index (Phi) is 5.28. The number of carbonyl (C=O) groups is 1. The fraction of sp³-hybridized carbons (Fsp3) is 0.381. The molecule has 4 nitrogen and oxygen atoms in total. The van der Waals surface area contributed by atoms with Crippen LogP contribution in [0.2, 0.25) is 0 Å². The number of halogens is 1. The van der Waals surface area contributed by atoms with Crippen LogP contribution in [0.5, 0.6) is 11.5 Å². The lowest BCUT2D eigenvalue weighted by atomic mass is 9.89. The second-order valence-corrected chi connectivity index (χ2v) is 8.28. The summed E-state index contributed by atoms with van der Waals surface area (Å²) in [5.41, 5.74) is 2.89. The minimum atomic E-state index is -0.331. The minimum Gasteiger partial charge on any atom is -0.487 e. The van der Waals surface area contributed by atoms with Crippen molar-refractivity contribution in [3.8, 4) is 11.5 Å². The molecule has 0 saturated heterocycles. The molecule has 1 aliphatic heterocycles. The summed E-state index contributed by atoms with van der Waals surface area (Å²) in [6.45, 7) is 8.09. The monoisotopic (exact) mass is 417 g/mol. The number of nitrogens with one attached hydrogen (secondary N) is 1. The van der Waals surface area contributed by atoms with E-state index in [2.05, 4.69) is 21.2 Å². The zero-order valence-corrected chi connectivity index (χ0v) is 17.1. The van der Waals surface area contributed by atoms with Crippen LogP contribution in [0.4, 0.5) is 0 Å². The zero-order valence-electron chi connectivity index (χ0n) is 15.6. The number of benzene rings is 2. The number of aryl methyl sites for hydroxylation is 2. The highest BCUT2D eigenvalue weighted by molar-refractivity contribution is 9.10. The fourth-order valence-electron chi connectivity index (χ4n) is 3.18. The van der Waals surface area contributed by atoms with Gasteiger partial charge < -0.3 is 14.8 Å². The van der Waals surface area contributed by atoms with E-state index in [1.54, 1.807) is 0 Å². The Bertz CT molecular complexity index is 832. The molecule has 1 heterocycles. The Balaban J connectivity index is 1.68. The van der Waals surface area contributed by atoms with Gasteiger partial charge in [-0.2, -0.15) is 0 Å². The molecule has 0 spiro atoms. The van der Waals surface area contributed by atoms with Crippen molar-refractivity contribution in [3.05, 3.63) is 57.6 Å². The average Bonchev–Trinajstić information content (AvgIpc) is 2.54. The van der Waals surface area contributed by atoms with Gasteiger partial charge in [0.25, 0.3) is 5.91 Å². The van der Waals surface area contributed by atoms with Gasteiger partial charge in [-0.3, -0.25) is 4.79 Å². The average molecular weight is 418 g/mol. The molecule has 138 valence electrons. The number of hydrogen-bond donors (Lipinski definition) is 1. The predicted octanol–water partition coefficient (Wildman–Crippen LogP) is 4.86. The van der Waals surface area contributed by atoms with Crippen LogP contribution in [0.25, 0.3) is 0 Å². The lowest BCUT2D eigenvalue weighted by Crippen LogP contribution is -2.42. The second kappa shape index (κ2) is 7.31. The summed E-state index contributed by atoms with van der Waals surface area (Å²) >= 11 is 3.46. The zero-order chi connectivity index (χ0) is 18.9. The van der Waals surface area contributed by atoms with Crippen molar-refractivity contribution >= 4 is 21.8 Å². The number of ether oxygens (including phenoxy) is 2. The molecule has 1 aliphatic rings. The Hall–Kier alpha value is -2.01. The standard InChI is InChI=1S/C21H24BrNO3/c1-13-5-7-16-18(11-21(3,4)26-19(16)9-13)23-20(24)12-25-15-6-8-17(22)14(2)10-15/h5-10,18H,11-12H2,1-4H3,(H,23,24). The lowest BCUT2D eigenvalue weighted by Gasteiger charge is -2.38. The first-order chi connectivity index (χ1) is 12.2. The lowest BCUT2D eigenvalue weighted by molar-refractivity contribution is -0.124. The van der Waals surface area contributed by atoms with Crippen molar-refractivity contribution in [1.29, 1.82) is 0 Å². The summed E-state index contributed by atoms with van der Waals surface area (Å²) in [6, 6.07) is 11.7. The van der Waals surface area contributed by atoms with E-state index in [4.69, 9.17) is 9.47 Å². The molecule has 0 bridgehead atoms. The van der Waals surface area contributed by atoms with Crippen LogP contribution in [-0.2, 0) is 4.79 Å². The first-order valence-electron chi connectivity index (χ1n) is 8.71. The van der Waals surface area contributed by atoms with Crippen molar-refractivity contribution in [3.63, 3.8) is 0 Å². The van der Waals surface area contributed by atoms with Gasteiger partial charge in [0, 0.05) is 16.5 Å². The Morgan fingerprint density at radius 1 is 1.27 bits per heavy atom. The Morgan fingerprint density at radius 3 is 2.77 bits per heavy atom. The first kappa shape index (κ1) is 18.8. The third-order valence-electron chi connectivity index (χ3n) is 4.46. The molecule has 3 rings (SSSR count). The van der Waals surface area contributed by atoms with Crippen LogP contribution in [0.15, 0.2) is 40.9 Å². The van der Waals surface area contributed by atoms with Crippen molar-refractivity contribution in [2.45, 2.75) is 45.8 Å². The summed E-state index contributed by atoms with van der Waals surface area (Å²) in [4.78, 5) is 12.4. The van der Waals surface area contributed by atoms with Crippen molar-refractivity contribution in [2.24, 2.45) is 0 Å². The van der Waals surface area contributed by atoms with Gasteiger partial charge in [0.2, 0.25) is 0 Å². The molecule has 1 unspecified atom stereocenters. The summed E-state index contributed by atoms with van der Waals surface area (Å²) in [7, 11) is 0. The Labute approximate surface area is 163 Å². The predicted molar refractivity (Wildman–Crippen MR) is 106 cm³/mol. The molecule has 1 N–H and O–H groups in total. The van der Waals surface area contributed by atoms with Gasteiger partial charge in [-0.15, -0.1) is 0 Å². The number of carbonyl (C=O) groups excluding carboxylic acids is 1. The van der Waals surface area contributed by atoms with Gasteiger partial charge in [0.15, 0.2) is 6.61 Å². The highest BCUT2D eigenvalue weighted by atomic mass is 79.9. The van der Waals surface area contributed by atoms with Crippen molar-refractivity contribution in [1.82, 2.24) is 5.32 Å². The van der Waals surface area contributed by atoms with Crippen molar-refractivity contribution in [2.75, 3.05) is 6.61 Å². The minimum absolute atomic E-state index is 0.0138. The van der Waals surface area contributed by atoms with E-state index >= 15 is 0 Å². The van der Waals surface area contributed by atoms with Crippen LogP contribution in [0.3, 0.4) is 0 Å². The molecule has 0 radical (unpaired) electrons. The van der Waals surface area contributed by atoms with E-state index < -0.39 is 0 Å². The van der Waals surface area contributed by atoms with Crippen molar-refractivity contribution < 1.29 is 14.3 Å². The fourth-order valence-corrected chi connectivity index (χ4v) is 3.43. The van der Waals surface area contributed by atoms with E-state index in [1.807, 2.05) is 64.1 Å². The third kappa shape index (κ3) is 4.39. The highest BCUT2D eigenvalue weighted by Crippen LogP contribution is 2.39. The van der Waals surface area contributed by atoms with E-state index in [1.165, 1.54) is 0 Å². The topological polar surface area (TPSA) is 47.6 Å². The van der Waals surface area contributed by atoms with E-state index in [9.17, 15) is 4.79 Å². The van der Waals surface area contributed by atoms with E-state index in [-0.39, 0.29) is 24.2 Å². The van der Waals surface area contributed by atoms with Gasteiger partial charge >= 0.3 is 0 Å². The number of fused-ring (bicyclic) bond motifs is 1. The summed E-state index contributed by atoms with van der Waals surface area (Å²) in [5.74, 6) is 1.39. The molecule has 0 aromatic heterocycles. The van der Waals surface area contributed by atoms with Crippen LogP contribution in [-0.4, -0.2) is 18.1 Å². The molecule has 5 heteroatoms. The molecule has 0 aliphatic carbocycles. The molecule has 2 aromatic rings. The maximum absolute atomic E-state index is 12.4. The second-order valence-electron chi connectivity index (χ2n) is 7.43. The number of rotatable bonds is 4. The first-order valence-corrected chi connectivity index (χ1v) is 9.51. The molecule has 0 saturated carbocycles. The van der Waals surface area contributed by atoms with Crippen LogP contribution in [0.1, 0.15) is 43.0 Å². The highest BCUT2D eigenvalue weighted by Gasteiger charge is 2.34. The van der Waals surface area contributed by atoms with Gasteiger partial charge in [-0.05, 0) is 63.1 Å². The summed E-state index contributed by atoms with van der Waals surface area (Å²) in [6.07, 6.45) is 0.714.